The Morgan fingerprint density at radius 2 is 1.69 bits per heavy atom. The lowest BCUT2D eigenvalue weighted by Gasteiger charge is -2.36. The van der Waals surface area contributed by atoms with Crippen molar-refractivity contribution in [2.45, 2.75) is 13.3 Å². The Kier molecular flexibility index (Phi) is 6.50. The summed E-state index contributed by atoms with van der Waals surface area (Å²) in [7, 11) is 0. The minimum Gasteiger partial charge on any atom is -0.491 e. The van der Waals surface area contributed by atoms with Gasteiger partial charge in [-0.2, -0.15) is 0 Å². The van der Waals surface area contributed by atoms with Crippen molar-refractivity contribution in [2.24, 2.45) is 0 Å². The average Bonchev–Trinajstić information content (AvgIpc) is 2.67. The Morgan fingerprint density at radius 3 is 2.42 bits per heavy atom. The smallest absolute Gasteiger partial charge is 0.221 e. The van der Waals surface area contributed by atoms with Crippen molar-refractivity contribution in [3.05, 3.63) is 54.6 Å². The van der Waals surface area contributed by atoms with Crippen LogP contribution in [0.2, 0.25) is 0 Å². The second-order valence-corrected chi connectivity index (χ2v) is 6.54. The second kappa shape index (κ2) is 9.25. The molecule has 0 saturated carbocycles. The Hall–Kier alpha value is -2.53. The highest BCUT2D eigenvalue weighted by atomic mass is 16.5. The number of para-hydroxylation sites is 3. The van der Waals surface area contributed by atoms with Crippen molar-refractivity contribution in [3.8, 4) is 5.75 Å². The van der Waals surface area contributed by atoms with Crippen LogP contribution in [0, 0.1) is 0 Å². The molecule has 0 atom stereocenters. The van der Waals surface area contributed by atoms with Gasteiger partial charge >= 0.3 is 0 Å². The van der Waals surface area contributed by atoms with E-state index in [9.17, 15) is 4.79 Å². The van der Waals surface area contributed by atoms with Crippen molar-refractivity contribution in [1.29, 1.82) is 0 Å². The van der Waals surface area contributed by atoms with Crippen LogP contribution < -0.4 is 15.0 Å². The number of amides is 1. The van der Waals surface area contributed by atoms with Crippen molar-refractivity contribution in [3.63, 3.8) is 0 Å². The van der Waals surface area contributed by atoms with Crippen molar-refractivity contribution < 1.29 is 9.53 Å². The number of piperazine rings is 1. The first-order chi connectivity index (χ1) is 12.7. The summed E-state index contributed by atoms with van der Waals surface area (Å²) < 4.78 is 5.87. The van der Waals surface area contributed by atoms with E-state index in [0.29, 0.717) is 6.61 Å². The molecular weight excluding hydrogens is 326 g/mol. The minimum atomic E-state index is -0.0858. The summed E-state index contributed by atoms with van der Waals surface area (Å²) in [5.74, 6) is 0.647. The van der Waals surface area contributed by atoms with Crippen molar-refractivity contribution >= 4 is 17.3 Å². The maximum Gasteiger partial charge on any atom is 0.221 e. The highest BCUT2D eigenvalue weighted by Crippen LogP contribution is 2.23. The normalized spacial score (nSPS) is 14.9. The zero-order valence-corrected chi connectivity index (χ0v) is 15.4. The molecule has 5 nitrogen and oxygen atoms in total. The number of carbonyl (C=O) groups is 1. The van der Waals surface area contributed by atoms with Crippen molar-refractivity contribution in [2.75, 3.05) is 49.5 Å². The molecule has 1 aliphatic rings. The standard InChI is InChI=1S/C21H27N3O2/c1-18(25)22-20-10-5-6-11-21(20)26-17-7-12-23-13-15-24(16-14-23)19-8-3-2-4-9-19/h2-6,8-11H,7,12-17H2,1H3,(H,22,25). The van der Waals surface area contributed by atoms with Gasteiger partial charge in [-0.3, -0.25) is 9.69 Å². The molecule has 1 N–H and O–H groups in total. The number of hydrogen-bond acceptors (Lipinski definition) is 4. The van der Waals surface area contributed by atoms with Gasteiger partial charge in [0.05, 0.1) is 12.3 Å². The SMILES string of the molecule is CC(=O)Nc1ccccc1OCCCN1CCN(c2ccccc2)CC1. The van der Waals surface area contributed by atoms with Gasteiger partial charge in [0.2, 0.25) is 5.91 Å². The summed E-state index contributed by atoms with van der Waals surface area (Å²) in [6.45, 7) is 7.48. The molecule has 26 heavy (non-hydrogen) atoms. The summed E-state index contributed by atoms with van der Waals surface area (Å²) in [5, 5.41) is 2.80. The lowest BCUT2D eigenvalue weighted by atomic mass is 10.2. The zero-order chi connectivity index (χ0) is 18.2. The summed E-state index contributed by atoms with van der Waals surface area (Å²) in [4.78, 5) is 16.2. The Labute approximate surface area is 155 Å². The van der Waals surface area contributed by atoms with E-state index in [1.165, 1.54) is 12.6 Å². The van der Waals surface area contributed by atoms with E-state index in [1.807, 2.05) is 24.3 Å². The first-order valence-electron chi connectivity index (χ1n) is 9.24. The molecule has 0 radical (unpaired) electrons. The summed E-state index contributed by atoms with van der Waals surface area (Å²) in [6, 6.07) is 18.2. The van der Waals surface area contributed by atoms with Crippen LogP contribution in [0.5, 0.6) is 5.75 Å². The zero-order valence-electron chi connectivity index (χ0n) is 15.4. The molecule has 1 amide bonds. The largest absolute Gasteiger partial charge is 0.491 e. The van der Waals surface area contributed by atoms with E-state index < -0.39 is 0 Å². The van der Waals surface area contributed by atoms with Crippen LogP contribution in [0.3, 0.4) is 0 Å². The highest BCUT2D eigenvalue weighted by molar-refractivity contribution is 5.90. The third kappa shape index (κ3) is 5.23. The third-order valence-corrected chi connectivity index (χ3v) is 4.57. The van der Waals surface area contributed by atoms with E-state index in [1.54, 1.807) is 0 Å². The molecular formula is C21H27N3O2. The monoisotopic (exact) mass is 353 g/mol. The van der Waals surface area contributed by atoms with Crippen LogP contribution in [0.25, 0.3) is 0 Å². The van der Waals surface area contributed by atoms with E-state index in [-0.39, 0.29) is 5.91 Å². The number of hydrogen-bond donors (Lipinski definition) is 1. The van der Waals surface area contributed by atoms with Crippen LogP contribution in [-0.4, -0.2) is 50.1 Å². The van der Waals surface area contributed by atoms with E-state index in [0.717, 1.165) is 50.6 Å². The molecule has 0 aromatic heterocycles. The molecule has 1 saturated heterocycles. The third-order valence-electron chi connectivity index (χ3n) is 4.57. The predicted molar refractivity (Wildman–Crippen MR) is 106 cm³/mol. The van der Waals surface area contributed by atoms with Crippen LogP contribution in [0.15, 0.2) is 54.6 Å². The Balaban J connectivity index is 1.38. The molecule has 1 aliphatic heterocycles. The van der Waals surface area contributed by atoms with E-state index in [2.05, 4.69) is 45.4 Å². The maximum atomic E-state index is 11.3. The van der Waals surface area contributed by atoms with Gasteiger partial charge < -0.3 is 15.0 Å². The van der Waals surface area contributed by atoms with Crippen LogP contribution in [0.4, 0.5) is 11.4 Å². The molecule has 2 aromatic carbocycles. The molecule has 138 valence electrons. The summed E-state index contributed by atoms with van der Waals surface area (Å²) in [5.41, 5.74) is 2.04. The molecule has 0 unspecified atom stereocenters. The van der Waals surface area contributed by atoms with Gasteiger partial charge in [-0.25, -0.2) is 0 Å². The number of ether oxygens (including phenoxy) is 1. The molecule has 0 bridgehead atoms. The number of nitrogens with zero attached hydrogens (tertiary/aromatic N) is 2. The number of nitrogens with one attached hydrogen (secondary N) is 1. The molecule has 5 heteroatoms. The minimum absolute atomic E-state index is 0.0858. The van der Waals surface area contributed by atoms with Crippen LogP contribution in [-0.2, 0) is 4.79 Å². The van der Waals surface area contributed by atoms with Gasteiger partial charge in [0.25, 0.3) is 0 Å². The first kappa shape index (κ1) is 18.3. The summed E-state index contributed by atoms with van der Waals surface area (Å²) in [6.07, 6.45) is 0.972. The van der Waals surface area contributed by atoms with Crippen LogP contribution >= 0.6 is 0 Å². The average molecular weight is 353 g/mol. The fourth-order valence-electron chi connectivity index (χ4n) is 3.22. The molecule has 0 aliphatic carbocycles. The van der Waals surface area contributed by atoms with Gasteiger partial charge in [-0.05, 0) is 30.7 Å². The molecule has 2 aromatic rings. The van der Waals surface area contributed by atoms with Gasteiger partial charge in [-0.15, -0.1) is 0 Å². The summed E-state index contributed by atoms with van der Waals surface area (Å²) >= 11 is 0. The van der Waals surface area contributed by atoms with Gasteiger partial charge in [0.1, 0.15) is 5.75 Å². The topological polar surface area (TPSA) is 44.8 Å². The number of rotatable bonds is 7. The highest BCUT2D eigenvalue weighted by Gasteiger charge is 2.16. The Bertz CT molecular complexity index is 697. The van der Waals surface area contributed by atoms with Crippen LogP contribution in [0.1, 0.15) is 13.3 Å². The quantitative estimate of drug-likeness (QED) is 0.776. The maximum absolute atomic E-state index is 11.3. The predicted octanol–water partition coefficient (Wildman–Crippen LogP) is 3.24. The van der Waals surface area contributed by atoms with E-state index in [4.69, 9.17) is 4.74 Å². The van der Waals surface area contributed by atoms with Gasteiger partial charge in [-0.1, -0.05) is 30.3 Å². The lowest BCUT2D eigenvalue weighted by molar-refractivity contribution is -0.114. The first-order valence-corrected chi connectivity index (χ1v) is 9.24. The fraction of sp³-hybridized carbons (Fsp3) is 0.381. The number of carbonyl (C=O) groups excluding carboxylic acids is 1. The van der Waals surface area contributed by atoms with Crippen molar-refractivity contribution in [1.82, 2.24) is 4.90 Å². The second-order valence-electron chi connectivity index (χ2n) is 6.54. The Morgan fingerprint density at radius 1 is 1.00 bits per heavy atom. The van der Waals surface area contributed by atoms with E-state index >= 15 is 0 Å². The fourth-order valence-corrected chi connectivity index (χ4v) is 3.22. The number of anilines is 2. The van der Waals surface area contributed by atoms with Gasteiger partial charge in [0.15, 0.2) is 0 Å². The molecule has 1 heterocycles. The lowest BCUT2D eigenvalue weighted by Crippen LogP contribution is -2.46. The van der Waals surface area contributed by atoms with Gasteiger partial charge in [0, 0.05) is 45.3 Å². The molecule has 1 fully saturated rings. The molecule has 3 rings (SSSR count). The number of benzene rings is 2. The molecule has 0 spiro atoms.